The van der Waals surface area contributed by atoms with E-state index >= 15 is 0 Å². The van der Waals surface area contributed by atoms with E-state index in [1.807, 2.05) is 15.9 Å². The minimum absolute atomic E-state index is 0.168. The summed E-state index contributed by atoms with van der Waals surface area (Å²) in [5, 5.41) is -0.579. The Morgan fingerprint density at radius 1 is 0.304 bits per heavy atom. The van der Waals surface area contributed by atoms with Gasteiger partial charge in [0.25, 0.3) is 0 Å². The molecule has 0 radical (unpaired) electrons. The molecule has 6 aliphatic heterocycles. The molecule has 6 heterocycles. The minimum Gasteiger partial charge on any atom is -0.383 e. The molecule has 6 aromatic rings. The predicted octanol–water partition coefficient (Wildman–Crippen LogP) is 19.2. The summed E-state index contributed by atoms with van der Waals surface area (Å²) in [4.78, 5) is 24.6. The zero-order chi connectivity index (χ0) is 84.2. The van der Waals surface area contributed by atoms with Crippen LogP contribution in [0.2, 0.25) is 30.1 Å². The van der Waals surface area contributed by atoms with Crippen LogP contribution in [0.5, 0.6) is 0 Å². The van der Waals surface area contributed by atoms with Crippen LogP contribution in [-0.4, -0.2) is 253 Å². The quantitative estimate of drug-likeness (QED) is 0.0571. The van der Waals surface area contributed by atoms with Crippen molar-refractivity contribution < 1.29 is 70.9 Å². The van der Waals surface area contributed by atoms with Crippen molar-refractivity contribution in [2.75, 3.05) is 253 Å². The van der Waals surface area contributed by atoms with Crippen LogP contribution in [-0.2, 0) is 34.2 Å². The first kappa shape index (κ1) is 96.2. The van der Waals surface area contributed by atoms with Crippen molar-refractivity contribution in [3.63, 3.8) is 0 Å². The fourth-order valence-electron chi connectivity index (χ4n) is 14.1. The highest BCUT2D eigenvalue weighted by Crippen LogP contribution is 2.46. The maximum absolute atomic E-state index is 13.9. The van der Waals surface area contributed by atoms with Gasteiger partial charge < -0.3 is 43.8 Å². The van der Waals surface area contributed by atoms with Gasteiger partial charge in [0.05, 0.1) is 99.7 Å². The van der Waals surface area contributed by atoms with E-state index in [1.54, 1.807) is 101 Å². The highest BCUT2D eigenvalue weighted by molar-refractivity contribution is 6.33. The molecule has 34 heteroatoms. The van der Waals surface area contributed by atoms with Crippen molar-refractivity contribution in [1.29, 1.82) is 0 Å². The molecule has 115 heavy (non-hydrogen) atoms. The lowest BCUT2D eigenvalue weighted by atomic mass is 10.1. The number of piperazine rings is 6. The molecular weight excluding hydrogens is 1650 g/mol. The van der Waals surface area contributed by atoms with Crippen LogP contribution in [0.1, 0.15) is 42.5 Å². The fourth-order valence-corrected chi connectivity index (χ4v) is 15.6. The Kier molecular flexibility index (Phi) is 38.9. The Balaban J connectivity index is 0.000000191. The molecule has 638 valence electrons. The van der Waals surface area contributed by atoms with Gasteiger partial charge in [-0.25, -0.2) is 8.78 Å². The number of methoxy groups -OCH3 is 2. The molecule has 12 rings (SSSR count). The first-order valence-electron chi connectivity index (χ1n) is 38.0. The lowest BCUT2D eigenvalue weighted by Gasteiger charge is -2.37. The van der Waals surface area contributed by atoms with Gasteiger partial charge in [0.2, 0.25) is 0 Å². The van der Waals surface area contributed by atoms with Crippen molar-refractivity contribution in [1.82, 2.24) is 29.4 Å². The van der Waals surface area contributed by atoms with Crippen LogP contribution in [0.3, 0.4) is 0 Å². The summed E-state index contributed by atoms with van der Waals surface area (Å²) in [6.07, 6.45) is -13.0. The number of ether oxygens (including phenoxy) is 2. The third kappa shape index (κ3) is 28.9. The van der Waals surface area contributed by atoms with Crippen LogP contribution in [0.25, 0.3) is 0 Å². The minimum atomic E-state index is -4.44. The summed E-state index contributed by atoms with van der Waals surface area (Å²) in [5.41, 5.74) is -0.978. The smallest absolute Gasteiger partial charge is 0.383 e. The number of hydrogen-bond acceptors (Lipinski definition) is 14. The summed E-state index contributed by atoms with van der Waals surface area (Å²) in [7, 11) is 3.34. The molecule has 0 spiro atoms. The second kappa shape index (κ2) is 46.6. The Labute approximate surface area is 696 Å². The van der Waals surface area contributed by atoms with Gasteiger partial charge in [-0.05, 0) is 92.3 Å². The summed E-state index contributed by atoms with van der Waals surface area (Å²) >= 11 is 34.6. The molecule has 6 saturated heterocycles. The van der Waals surface area contributed by atoms with E-state index in [9.17, 15) is 61.5 Å². The summed E-state index contributed by atoms with van der Waals surface area (Å²) in [6, 6.07) is 27.7. The second-order valence-electron chi connectivity index (χ2n) is 27.7. The Bertz CT molecular complexity index is 3940. The van der Waals surface area contributed by atoms with Gasteiger partial charge in [-0.1, -0.05) is 132 Å². The molecular formula is C81H102Cl6F14N12O2. The number of benzene rings is 6. The zero-order valence-corrected chi connectivity index (χ0v) is 69.6. The highest BCUT2D eigenvalue weighted by Gasteiger charge is 2.42. The van der Waals surface area contributed by atoms with E-state index in [4.69, 9.17) is 79.1 Å². The van der Waals surface area contributed by atoms with E-state index in [0.29, 0.717) is 83.4 Å². The first-order valence-corrected chi connectivity index (χ1v) is 40.3. The molecule has 14 nitrogen and oxygen atoms in total. The Morgan fingerprint density at radius 2 is 0.513 bits per heavy atom. The number of alkyl halides is 12. The Hall–Kier alpha value is -5.96. The molecule has 0 atom stereocenters. The number of likely N-dealkylation sites (N-methyl/N-ethyl adjacent to an activating group) is 1. The highest BCUT2D eigenvalue weighted by atomic mass is 35.5. The monoisotopic (exact) mass is 1750 g/mol. The molecule has 6 aromatic carbocycles. The van der Waals surface area contributed by atoms with Crippen molar-refractivity contribution in [2.45, 2.75) is 45.0 Å². The van der Waals surface area contributed by atoms with Gasteiger partial charge in [-0.2, -0.15) is 52.7 Å². The number of anilines is 6. The van der Waals surface area contributed by atoms with E-state index < -0.39 is 47.0 Å². The number of nitrogens with zero attached hydrogens (tertiary/aromatic N) is 12. The van der Waals surface area contributed by atoms with Gasteiger partial charge >= 0.3 is 24.7 Å². The zero-order valence-electron chi connectivity index (χ0n) is 65.0. The average Bonchev–Trinajstić information content (AvgIpc) is 0.805. The van der Waals surface area contributed by atoms with Crippen LogP contribution in [0, 0.1) is 11.6 Å². The standard InChI is InChI=1S/C14H18ClF3N2O.C14H18ClF3N2.C14H16ClF3N2.C13H16ClF3N2.C13H18ClFN2O.C13H16ClFN2/c1-21-10-9-19-5-7-20(8-6-19)12-4-2-3-11(15)13(12)14(16,17)18;2*1-2-6-19-7-9-20(10-8-19)12-5-3-4-11(15)13(12)14(16,17)18;1-2-18-6-8-19(9-7-18)11-5-3-4-10(14)12(11)13(15,16)17;1-18-10-9-16-5-7-17(8-6-16)12-4-2-3-11(14)13(12)15;1-2-6-16-7-9-17(10-8-16)12-5-3-4-11(14)13(12)15/h2-4H,5-10H2,1H3;3-5H,2,6-10H2,1H3;2-5H,1,6-10H2;3-5H,2,6-9H2,1H3;2-4H,5-10H2,1H3;2-5H,1,6-10H2. The Morgan fingerprint density at radius 3 is 0.730 bits per heavy atom. The van der Waals surface area contributed by atoms with Gasteiger partial charge in [0, 0.05) is 197 Å². The van der Waals surface area contributed by atoms with Crippen LogP contribution in [0.4, 0.5) is 95.6 Å². The van der Waals surface area contributed by atoms with Crippen molar-refractivity contribution >= 4 is 104 Å². The molecule has 6 aliphatic rings. The molecule has 0 aromatic heterocycles. The van der Waals surface area contributed by atoms with E-state index in [-0.39, 0.29) is 64.5 Å². The van der Waals surface area contributed by atoms with Gasteiger partial charge in [0.1, 0.15) is 0 Å². The van der Waals surface area contributed by atoms with Crippen molar-refractivity contribution in [3.8, 4) is 0 Å². The number of rotatable bonds is 19. The molecule has 0 unspecified atom stereocenters. The maximum atomic E-state index is 13.9. The fraction of sp³-hybridized carbons (Fsp3) is 0.506. The predicted molar refractivity (Wildman–Crippen MR) is 441 cm³/mol. The first-order chi connectivity index (χ1) is 54.7. The van der Waals surface area contributed by atoms with Gasteiger partial charge in [-0.3, -0.25) is 24.5 Å². The lowest BCUT2D eigenvalue weighted by Crippen LogP contribution is -2.47. The third-order valence-corrected chi connectivity index (χ3v) is 22.1. The largest absolute Gasteiger partial charge is 0.419 e. The van der Waals surface area contributed by atoms with E-state index in [2.05, 4.69) is 56.4 Å². The summed E-state index contributed by atoms with van der Waals surface area (Å²) in [6.45, 7) is 35.8. The van der Waals surface area contributed by atoms with Crippen LogP contribution >= 0.6 is 69.6 Å². The number of halogens is 20. The molecule has 6 fully saturated rings. The van der Waals surface area contributed by atoms with E-state index in [1.165, 1.54) is 48.5 Å². The maximum Gasteiger partial charge on any atom is 0.419 e. The lowest BCUT2D eigenvalue weighted by molar-refractivity contribution is -0.137. The van der Waals surface area contributed by atoms with Crippen molar-refractivity contribution in [2.24, 2.45) is 0 Å². The molecule has 0 N–H and O–H groups in total. The van der Waals surface area contributed by atoms with Crippen molar-refractivity contribution in [3.05, 3.63) is 199 Å². The molecule has 0 aliphatic carbocycles. The summed E-state index contributed by atoms with van der Waals surface area (Å²) in [5.74, 6) is -0.629. The van der Waals surface area contributed by atoms with Gasteiger partial charge in [-0.15, -0.1) is 13.2 Å². The second-order valence-corrected chi connectivity index (χ2v) is 30.2. The average molecular weight is 1750 g/mol. The van der Waals surface area contributed by atoms with E-state index in [0.717, 1.165) is 144 Å². The topological polar surface area (TPSA) is 57.3 Å². The SMILES string of the molecule is C=CCN1CCN(c2cccc(Cl)c2C(F)(F)F)CC1.C=CCN1CCN(c2cccc(Cl)c2F)CC1.CCCN1CCN(c2cccc(Cl)c2C(F)(F)F)CC1.CCN1CCN(c2cccc(Cl)c2C(F)(F)F)CC1.COCCN1CCN(c2cccc(Cl)c2C(F)(F)F)CC1.COCCN1CCN(c2cccc(Cl)c2F)CC1. The molecule has 0 bridgehead atoms. The summed E-state index contributed by atoms with van der Waals surface area (Å²) < 4.78 is 195. The molecule has 0 saturated carbocycles. The molecule has 0 amide bonds. The number of hydrogen-bond donors (Lipinski definition) is 0. The van der Waals surface area contributed by atoms with Crippen LogP contribution in [0.15, 0.2) is 135 Å². The third-order valence-electron chi connectivity index (χ3n) is 20.2. The van der Waals surface area contributed by atoms with Gasteiger partial charge in [0.15, 0.2) is 11.6 Å². The normalized spacial score (nSPS) is 17.4. The van der Waals surface area contributed by atoms with Crippen LogP contribution < -0.4 is 29.4 Å².